The van der Waals surface area contributed by atoms with E-state index in [2.05, 4.69) is 13.8 Å². The number of unbranched alkanes of at least 4 members (excludes halogenated alkanes) is 4. The van der Waals surface area contributed by atoms with Crippen LogP contribution in [-0.4, -0.2) is 11.2 Å². The summed E-state index contributed by atoms with van der Waals surface area (Å²) in [5, 5.41) is 9.89. The Bertz CT molecular complexity index is 155. The summed E-state index contributed by atoms with van der Waals surface area (Å²) >= 11 is 0. The van der Waals surface area contributed by atoms with Crippen LogP contribution in [0.25, 0.3) is 0 Å². The van der Waals surface area contributed by atoms with E-state index in [4.69, 9.17) is 0 Å². The smallest absolute Gasteiger partial charge is 0.0568 e. The third-order valence-electron chi connectivity index (χ3n) is 3.88. The molecule has 0 aromatic carbocycles. The highest BCUT2D eigenvalue weighted by Gasteiger charge is 2.26. The van der Waals surface area contributed by atoms with E-state index >= 15 is 0 Å². The van der Waals surface area contributed by atoms with Gasteiger partial charge in [-0.3, -0.25) is 0 Å². The first-order chi connectivity index (χ1) is 7.24. The van der Waals surface area contributed by atoms with Crippen LogP contribution in [0.2, 0.25) is 0 Å². The molecule has 0 heterocycles. The standard InChI is InChI=1S/C14H28O/c1-3-4-5-6-7-8-13-11-12(2)9-10-14(13)15/h12-15H,3-11H2,1-2H3. The van der Waals surface area contributed by atoms with E-state index in [-0.39, 0.29) is 6.10 Å². The predicted octanol–water partition coefficient (Wildman–Crippen LogP) is 4.14. The summed E-state index contributed by atoms with van der Waals surface area (Å²) in [4.78, 5) is 0. The van der Waals surface area contributed by atoms with Gasteiger partial charge in [-0.2, -0.15) is 0 Å². The topological polar surface area (TPSA) is 20.2 Å². The van der Waals surface area contributed by atoms with E-state index in [1.807, 2.05) is 0 Å². The van der Waals surface area contributed by atoms with Crippen molar-refractivity contribution < 1.29 is 5.11 Å². The minimum atomic E-state index is 0.00683. The molecule has 15 heavy (non-hydrogen) atoms. The third-order valence-corrected chi connectivity index (χ3v) is 3.88. The molecule has 3 atom stereocenters. The van der Waals surface area contributed by atoms with Gasteiger partial charge in [-0.1, -0.05) is 46.0 Å². The van der Waals surface area contributed by atoms with Crippen LogP contribution >= 0.6 is 0 Å². The van der Waals surface area contributed by atoms with Crippen LogP contribution in [0.5, 0.6) is 0 Å². The average Bonchev–Trinajstić information content (AvgIpc) is 2.23. The van der Waals surface area contributed by atoms with Crippen molar-refractivity contribution in [2.24, 2.45) is 11.8 Å². The Balaban J connectivity index is 2.08. The lowest BCUT2D eigenvalue weighted by atomic mass is 9.78. The highest BCUT2D eigenvalue weighted by atomic mass is 16.3. The van der Waals surface area contributed by atoms with E-state index in [0.29, 0.717) is 5.92 Å². The van der Waals surface area contributed by atoms with Gasteiger partial charge >= 0.3 is 0 Å². The Morgan fingerprint density at radius 1 is 1.07 bits per heavy atom. The van der Waals surface area contributed by atoms with Crippen LogP contribution in [0.15, 0.2) is 0 Å². The van der Waals surface area contributed by atoms with Crippen molar-refractivity contribution in [3.63, 3.8) is 0 Å². The normalized spacial score (nSPS) is 31.8. The molecule has 0 radical (unpaired) electrons. The number of aliphatic hydroxyl groups excluding tert-OH is 1. The van der Waals surface area contributed by atoms with Gasteiger partial charge in [0.15, 0.2) is 0 Å². The maximum absolute atomic E-state index is 9.89. The first kappa shape index (κ1) is 13.0. The Kier molecular flexibility index (Phi) is 6.31. The molecule has 1 aliphatic rings. The predicted molar refractivity (Wildman–Crippen MR) is 65.9 cm³/mol. The summed E-state index contributed by atoms with van der Waals surface area (Å²) in [7, 11) is 0. The van der Waals surface area contributed by atoms with Gasteiger partial charge in [-0.15, -0.1) is 0 Å². The maximum Gasteiger partial charge on any atom is 0.0568 e. The second kappa shape index (κ2) is 7.27. The lowest BCUT2D eigenvalue weighted by Crippen LogP contribution is -2.28. The fraction of sp³-hybridized carbons (Fsp3) is 1.00. The first-order valence-electron chi connectivity index (χ1n) is 6.92. The van der Waals surface area contributed by atoms with Gasteiger partial charge in [0.1, 0.15) is 0 Å². The SMILES string of the molecule is CCCCCCCC1CC(C)CCC1O. The van der Waals surface area contributed by atoms with Gasteiger partial charge in [-0.05, 0) is 37.5 Å². The molecule has 0 aromatic heterocycles. The van der Waals surface area contributed by atoms with Crippen molar-refractivity contribution in [3.05, 3.63) is 0 Å². The molecule has 0 spiro atoms. The molecule has 1 rings (SSSR count). The Labute approximate surface area is 95.3 Å². The van der Waals surface area contributed by atoms with Crippen molar-refractivity contribution in [1.82, 2.24) is 0 Å². The summed E-state index contributed by atoms with van der Waals surface area (Å²) < 4.78 is 0. The quantitative estimate of drug-likeness (QED) is 0.656. The van der Waals surface area contributed by atoms with E-state index in [1.54, 1.807) is 0 Å². The highest BCUT2D eigenvalue weighted by molar-refractivity contribution is 4.77. The summed E-state index contributed by atoms with van der Waals surface area (Å²) in [6.45, 7) is 4.59. The summed E-state index contributed by atoms with van der Waals surface area (Å²) in [6, 6.07) is 0. The molecule has 0 aromatic rings. The molecular formula is C14H28O. The van der Waals surface area contributed by atoms with Crippen LogP contribution in [-0.2, 0) is 0 Å². The van der Waals surface area contributed by atoms with Crippen LogP contribution in [0.1, 0.15) is 71.6 Å². The molecule has 1 nitrogen and oxygen atoms in total. The van der Waals surface area contributed by atoms with Crippen molar-refractivity contribution in [1.29, 1.82) is 0 Å². The van der Waals surface area contributed by atoms with Crippen LogP contribution in [0, 0.1) is 11.8 Å². The molecule has 0 aliphatic heterocycles. The maximum atomic E-state index is 9.89. The zero-order valence-corrected chi connectivity index (χ0v) is 10.5. The average molecular weight is 212 g/mol. The van der Waals surface area contributed by atoms with Crippen molar-refractivity contribution in [2.75, 3.05) is 0 Å². The molecule has 0 amide bonds. The van der Waals surface area contributed by atoms with Crippen LogP contribution < -0.4 is 0 Å². The number of aliphatic hydroxyl groups is 1. The zero-order chi connectivity index (χ0) is 11.1. The number of hydrogen-bond acceptors (Lipinski definition) is 1. The van der Waals surface area contributed by atoms with Gasteiger partial charge in [0.05, 0.1) is 6.10 Å². The second-order valence-electron chi connectivity index (χ2n) is 5.45. The van der Waals surface area contributed by atoms with Gasteiger partial charge in [-0.25, -0.2) is 0 Å². The largest absolute Gasteiger partial charge is 0.393 e. The van der Waals surface area contributed by atoms with E-state index < -0.39 is 0 Å². The molecular weight excluding hydrogens is 184 g/mol. The molecule has 90 valence electrons. The van der Waals surface area contributed by atoms with E-state index in [0.717, 1.165) is 12.3 Å². The Morgan fingerprint density at radius 3 is 2.53 bits per heavy atom. The summed E-state index contributed by atoms with van der Waals surface area (Å²) in [5.41, 5.74) is 0. The fourth-order valence-electron chi connectivity index (χ4n) is 2.80. The number of rotatable bonds is 6. The van der Waals surface area contributed by atoms with E-state index in [1.165, 1.54) is 51.4 Å². The monoisotopic (exact) mass is 212 g/mol. The molecule has 1 heteroatoms. The molecule has 1 N–H and O–H groups in total. The van der Waals surface area contributed by atoms with Gasteiger partial charge in [0.25, 0.3) is 0 Å². The lowest BCUT2D eigenvalue weighted by molar-refractivity contribution is 0.0461. The second-order valence-corrected chi connectivity index (χ2v) is 5.45. The van der Waals surface area contributed by atoms with Crippen molar-refractivity contribution >= 4 is 0 Å². The lowest BCUT2D eigenvalue weighted by Gasteiger charge is -2.31. The van der Waals surface area contributed by atoms with Crippen LogP contribution in [0.3, 0.4) is 0 Å². The van der Waals surface area contributed by atoms with E-state index in [9.17, 15) is 5.11 Å². The summed E-state index contributed by atoms with van der Waals surface area (Å²) in [5.74, 6) is 1.45. The van der Waals surface area contributed by atoms with Crippen molar-refractivity contribution in [2.45, 2.75) is 77.7 Å². The van der Waals surface area contributed by atoms with Gasteiger partial charge in [0.2, 0.25) is 0 Å². The fourth-order valence-corrected chi connectivity index (χ4v) is 2.80. The molecule has 3 unspecified atom stereocenters. The third kappa shape index (κ3) is 5.01. The Hall–Kier alpha value is -0.0400. The molecule has 0 saturated heterocycles. The molecule has 1 aliphatic carbocycles. The number of hydrogen-bond donors (Lipinski definition) is 1. The highest BCUT2D eigenvalue weighted by Crippen LogP contribution is 2.32. The zero-order valence-electron chi connectivity index (χ0n) is 10.5. The molecule has 1 fully saturated rings. The van der Waals surface area contributed by atoms with Crippen molar-refractivity contribution in [3.8, 4) is 0 Å². The minimum Gasteiger partial charge on any atom is -0.393 e. The molecule has 1 saturated carbocycles. The summed E-state index contributed by atoms with van der Waals surface area (Å²) in [6.07, 6.45) is 11.6. The first-order valence-corrected chi connectivity index (χ1v) is 6.92. The molecule has 0 bridgehead atoms. The minimum absolute atomic E-state index is 0.00683. The van der Waals surface area contributed by atoms with Gasteiger partial charge in [0, 0.05) is 0 Å². The van der Waals surface area contributed by atoms with Gasteiger partial charge < -0.3 is 5.11 Å². The van der Waals surface area contributed by atoms with Crippen LogP contribution in [0.4, 0.5) is 0 Å². The Morgan fingerprint density at radius 2 is 1.80 bits per heavy atom.